The van der Waals surface area contributed by atoms with Gasteiger partial charge < -0.3 is 20.1 Å². The maximum atomic E-state index is 11.8. The summed E-state index contributed by atoms with van der Waals surface area (Å²) in [4.78, 5) is 14.5. The highest BCUT2D eigenvalue weighted by molar-refractivity contribution is 6.00. The van der Waals surface area contributed by atoms with Gasteiger partial charge in [-0.15, -0.1) is 12.4 Å². The summed E-state index contributed by atoms with van der Waals surface area (Å²) in [6, 6.07) is 0. The van der Waals surface area contributed by atoms with E-state index in [1.165, 1.54) is 15.9 Å². The SMILES string of the molecule is CN(C)C(=O)C1=CC=CN(C)C1(O)C=NO.Cl. The van der Waals surface area contributed by atoms with E-state index in [-0.39, 0.29) is 23.9 Å². The number of aliphatic hydroxyl groups is 1. The molecule has 1 aliphatic heterocycles. The van der Waals surface area contributed by atoms with Crippen molar-refractivity contribution in [2.75, 3.05) is 21.1 Å². The Kier molecular flexibility index (Phi) is 5.18. The molecule has 1 amide bonds. The number of rotatable bonds is 2. The molecule has 0 aromatic heterocycles. The third-order valence-electron chi connectivity index (χ3n) is 2.38. The van der Waals surface area contributed by atoms with Gasteiger partial charge in [-0.1, -0.05) is 5.16 Å². The summed E-state index contributed by atoms with van der Waals surface area (Å²) < 4.78 is 0. The van der Waals surface area contributed by atoms with Crippen LogP contribution in [0.2, 0.25) is 0 Å². The van der Waals surface area contributed by atoms with Crippen LogP contribution in [-0.4, -0.2) is 59.1 Å². The molecule has 0 radical (unpaired) electrons. The first-order valence-corrected chi connectivity index (χ1v) is 4.68. The highest BCUT2D eigenvalue weighted by atomic mass is 35.5. The highest BCUT2D eigenvalue weighted by Crippen LogP contribution is 2.24. The molecule has 0 fully saturated rings. The Morgan fingerprint density at radius 3 is 2.65 bits per heavy atom. The van der Waals surface area contributed by atoms with E-state index in [0.29, 0.717) is 0 Å². The van der Waals surface area contributed by atoms with Crippen LogP contribution in [0.3, 0.4) is 0 Å². The molecular formula is C10H16ClN3O3. The van der Waals surface area contributed by atoms with Crippen LogP contribution in [0.25, 0.3) is 0 Å². The number of oxime groups is 1. The van der Waals surface area contributed by atoms with Gasteiger partial charge in [-0.25, -0.2) is 0 Å². The van der Waals surface area contributed by atoms with Crippen LogP contribution < -0.4 is 0 Å². The van der Waals surface area contributed by atoms with Crippen LogP contribution in [0.5, 0.6) is 0 Å². The Labute approximate surface area is 106 Å². The standard InChI is InChI=1S/C10H15N3O3.ClH/c1-12(2)9(14)8-5-4-6-13(3)10(8,15)7-11-16;/h4-7,15-16H,1-3H3;1H. The maximum absolute atomic E-state index is 11.8. The molecule has 17 heavy (non-hydrogen) atoms. The largest absolute Gasteiger partial charge is 0.411 e. The Morgan fingerprint density at radius 2 is 2.18 bits per heavy atom. The number of halogens is 1. The zero-order valence-electron chi connectivity index (χ0n) is 9.86. The van der Waals surface area contributed by atoms with Crippen molar-refractivity contribution >= 4 is 24.5 Å². The fraction of sp³-hybridized carbons (Fsp3) is 0.400. The van der Waals surface area contributed by atoms with Crippen LogP contribution in [0.1, 0.15) is 0 Å². The molecule has 1 aliphatic rings. The second-order valence-electron chi connectivity index (χ2n) is 3.70. The topological polar surface area (TPSA) is 76.4 Å². The smallest absolute Gasteiger partial charge is 0.254 e. The fourth-order valence-electron chi connectivity index (χ4n) is 1.41. The Morgan fingerprint density at radius 1 is 1.59 bits per heavy atom. The molecule has 0 saturated carbocycles. The molecule has 0 aromatic rings. The number of hydrogen-bond donors (Lipinski definition) is 2. The van der Waals surface area contributed by atoms with Gasteiger partial charge in [0.15, 0.2) is 0 Å². The molecule has 0 aliphatic carbocycles. The van der Waals surface area contributed by atoms with Crippen LogP contribution in [-0.2, 0) is 4.79 Å². The van der Waals surface area contributed by atoms with Gasteiger partial charge in [0, 0.05) is 27.3 Å². The van der Waals surface area contributed by atoms with Gasteiger partial charge in [-0.3, -0.25) is 4.79 Å². The van der Waals surface area contributed by atoms with Crippen molar-refractivity contribution in [2.24, 2.45) is 5.16 Å². The lowest BCUT2D eigenvalue weighted by Crippen LogP contribution is -2.51. The number of hydrogen-bond acceptors (Lipinski definition) is 5. The van der Waals surface area contributed by atoms with Crippen LogP contribution in [0.15, 0.2) is 29.1 Å². The molecule has 1 atom stereocenters. The van der Waals surface area contributed by atoms with Crippen molar-refractivity contribution in [3.63, 3.8) is 0 Å². The van der Waals surface area contributed by atoms with Crippen molar-refractivity contribution < 1.29 is 15.1 Å². The number of likely N-dealkylation sites (N-methyl/N-ethyl adjacent to an activating group) is 2. The first-order chi connectivity index (χ1) is 7.43. The van der Waals surface area contributed by atoms with Gasteiger partial charge in [0.1, 0.15) is 6.21 Å². The van der Waals surface area contributed by atoms with E-state index in [0.717, 1.165) is 6.21 Å². The van der Waals surface area contributed by atoms with Gasteiger partial charge in [-0.2, -0.15) is 0 Å². The summed E-state index contributed by atoms with van der Waals surface area (Å²) in [6.45, 7) is 0. The molecule has 6 nitrogen and oxygen atoms in total. The maximum Gasteiger partial charge on any atom is 0.254 e. The molecule has 96 valence electrons. The Balaban J connectivity index is 0.00000256. The molecule has 0 bridgehead atoms. The molecular weight excluding hydrogens is 246 g/mol. The quantitative estimate of drug-likeness (QED) is 0.418. The van der Waals surface area contributed by atoms with Gasteiger partial charge in [0.25, 0.3) is 5.91 Å². The molecule has 0 aromatic carbocycles. The lowest BCUT2D eigenvalue weighted by atomic mass is 9.98. The van der Waals surface area contributed by atoms with E-state index in [1.807, 2.05) is 0 Å². The van der Waals surface area contributed by atoms with Gasteiger partial charge >= 0.3 is 0 Å². The molecule has 0 spiro atoms. The molecule has 0 saturated heterocycles. The average Bonchev–Trinajstić information content (AvgIpc) is 2.21. The zero-order valence-corrected chi connectivity index (χ0v) is 10.7. The summed E-state index contributed by atoms with van der Waals surface area (Å²) >= 11 is 0. The summed E-state index contributed by atoms with van der Waals surface area (Å²) in [7, 11) is 4.74. The average molecular weight is 262 g/mol. The predicted molar refractivity (Wildman–Crippen MR) is 66.2 cm³/mol. The van der Waals surface area contributed by atoms with Gasteiger partial charge in [0.05, 0.1) is 5.57 Å². The second-order valence-corrected chi connectivity index (χ2v) is 3.70. The predicted octanol–water partition coefficient (Wildman–Crippen LogP) is 0.0305. The lowest BCUT2D eigenvalue weighted by molar-refractivity contribution is -0.127. The van der Waals surface area contributed by atoms with Crippen LogP contribution in [0.4, 0.5) is 0 Å². The Hall–Kier alpha value is -1.53. The number of carbonyl (C=O) groups excluding carboxylic acids is 1. The highest BCUT2D eigenvalue weighted by Gasteiger charge is 2.39. The molecule has 2 N–H and O–H groups in total. The minimum atomic E-state index is -1.72. The Bertz CT molecular complexity index is 379. The van der Waals surface area contributed by atoms with Crippen molar-refractivity contribution in [3.8, 4) is 0 Å². The number of nitrogens with zero attached hydrogens (tertiary/aromatic N) is 3. The third-order valence-corrected chi connectivity index (χ3v) is 2.38. The molecule has 1 heterocycles. The summed E-state index contributed by atoms with van der Waals surface area (Å²) in [5.41, 5.74) is -1.59. The van der Waals surface area contributed by atoms with Crippen molar-refractivity contribution in [3.05, 3.63) is 23.9 Å². The minimum Gasteiger partial charge on any atom is -0.411 e. The minimum absolute atomic E-state index is 0. The van der Waals surface area contributed by atoms with E-state index in [9.17, 15) is 9.90 Å². The van der Waals surface area contributed by atoms with Crippen molar-refractivity contribution in [2.45, 2.75) is 5.72 Å². The number of amides is 1. The molecule has 7 heteroatoms. The first kappa shape index (κ1) is 15.5. The van der Waals surface area contributed by atoms with Crippen molar-refractivity contribution in [1.82, 2.24) is 9.80 Å². The number of carbonyl (C=O) groups is 1. The van der Waals surface area contributed by atoms with Crippen LogP contribution in [0, 0.1) is 0 Å². The summed E-state index contributed by atoms with van der Waals surface area (Å²) in [6.07, 6.45) is 5.61. The molecule has 1 unspecified atom stereocenters. The summed E-state index contributed by atoms with van der Waals surface area (Å²) in [5, 5.41) is 21.6. The molecule has 1 rings (SSSR count). The van der Waals surface area contributed by atoms with Gasteiger partial charge in [0.2, 0.25) is 5.72 Å². The van der Waals surface area contributed by atoms with Crippen molar-refractivity contribution in [1.29, 1.82) is 0 Å². The van der Waals surface area contributed by atoms with E-state index < -0.39 is 5.72 Å². The normalized spacial score (nSPS) is 23.3. The second kappa shape index (κ2) is 5.70. The number of allylic oxidation sites excluding steroid dienone is 2. The van der Waals surface area contributed by atoms with E-state index in [4.69, 9.17) is 5.21 Å². The van der Waals surface area contributed by atoms with E-state index in [1.54, 1.807) is 33.4 Å². The van der Waals surface area contributed by atoms with E-state index in [2.05, 4.69) is 5.16 Å². The van der Waals surface area contributed by atoms with Gasteiger partial charge in [-0.05, 0) is 12.2 Å². The third kappa shape index (κ3) is 2.78. The lowest BCUT2D eigenvalue weighted by Gasteiger charge is -2.36. The first-order valence-electron chi connectivity index (χ1n) is 4.68. The summed E-state index contributed by atoms with van der Waals surface area (Å²) in [5.74, 6) is -0.349. The zero-order chi connectivity index (χ0) is 12.3. The fourth-order valence-corrected chi connectivity index (χ4v) is 1.41. The van der Waals surface area contributed by atoms with E-state index >= 15 is 0 Å². The monoisotopic (exact) mass is 261 g/mol. The van der Waals surface area contributed by atoms with Crippen LogP contribution >= 0.6 is 12.4 Å².